The van der Waals surface area contributed by atoms with Gasteiger partial charge in [-0.3, -0.25) is 4.79 Å². The Morgan fingerprint density at radius 2 is 1.74 bits per heavy atom. The molecule has 2 aromatic carbocycles. The van der Waals surface area contributed by atoms with Gasteiger partial charge in [0, 0.05) is 5.56 Å². The third-order valence-electron chi connectivity index (χ3n) is 2.85. The van der Waals surface area contributed by atoms with Gasteiger partial charge in [0.25, 0.3) is 0 Å². The molecule has 0 fully saturated rings. The van der Waals surface area contributed by atoms with Crippen LogP contribution in [-0.2, 0) is 0 Å². The molecule has 19 heavy (non-hydrogen) atoms. The van der Waals surface area contributed by atoms with Crippen LogP contribution in [0.2, 0.25) is 0 Å². The van der Waals surface area contributed by atoms with Gasteiger partial charge in [0.2, 0.25) is 5.43 Å². The van der Waals surface area contributed by atoms with Gasteiger partial charge in [0.1, 0.15) is 3.57 Å². The van der Waals surface area contributed by atoms with Gasteiger partial charge < -0.3 is 4.42 Å². The Hall–Kier alpha value is -1.69. The predicted molar refractivity (Wildman–Crippen MR) is 80.6 cm³/mol. The molecule has 0 aliphatic rings. The lowest BCUT2D eigenvalue weighted by Gasteiger charge is -2.06. The van der Waals surface area contributed by atoms with Crippen LogP contribution in [0, 0.1) is 9.39 Å². The quantitative estimate of drug-likeness (QED) is 0.605. The first-order chi connectivity index (χ1) is 9.18. The first-order valence-corrected chi connectivity index (χ1v) is 6.72. The van der Waals surface area contributed by atoms with Crippen LogP contribution in [0.25, 0.3) is 22.3 Å². The summed E-state index contributed by atoms with van der Waals surface area (Å²) in [6.07, 6.45) is 0. The first kappa shape index (κ1) is 12.3. The molecule has 0 atom stereocenters. The predicted octanol–water partition coefficient (Wildman–Crippen LogP) is 4.20. The zero-order valence-electron chi connectivity index (χ0n) is 9.69. The van der Waals surface area contributed by atoms with Gasteiger partial charge in [-0.1, -0.05) is 36.4 Å². The van der Waals surface area contributed by atoms with Crippen molar-refractivity contribution in [1.82, 2.24) is 0 Å². The van der Waals surface area contributed by atoms with Crippen molar-refractivity contribution in [2.24, 2.45) is 0 Å². The fraction of sp³-hybridized carbons (Fsp3) is 0. The highest BCUT2D eigenvalue weighted by atomic mass is 127. The zero-order valence-corrected chi connectivity index (χ0v) is 11.8. The van der Waals surface area contributed by atoms with Crippen molar-refractivity contribution in [3.05, 3.63) is 68.1 Å². The highest BCUT2D eigenvalue weighted by Gasteiger charge is 2.15. The van der Waals surface area contributed by atoms with Crippen LogP contribution in [-0.4, -0.2) is 0 Å². The molecular weight excluding hydrogens is 358 g/mol. The van der Waals surface area contributed by atoms with Crippen LogP contribution in [0.15, 0.2) is 57.7 Å². The van der Waals surface area contributed by atoms with Crippen molar-refractivity contribution >= 4 is 33.6 Å². The molecular formula is C15H8FIO2. The van der Waals surface area contributed by atoms with E-state index in [4.69, 9.17) is 4.42 Å². The summed E-state index contributed by atoms with van der Waals surface area (Å²) in [5.74, 6) is -0.119. The summed E-state index contributed by atoms with van der Waals surface area (Å²) in [6, 6.07) is 13.6. The van der Waals surface area contributed by atoms with E-state index in [-0.39, 0.29) is 16.4 Å². The molecule has 0 aliphatic carbocycles. The van der Waals surface area contributed by atoms with Gasteiger partial charge in [-0.15, -0.1) is 0 Å². The molecule has 0 radical (unpaired) electrons. The van der Waals surface area contributed by atoms with Crippen LogP contribution in [0.1, 0.15) is 0 Å². The smallest absolute Gasteiger partial charge is 0.206 e. The molecule has 94 valence electrons. The van der Waals surface area contributed by atoms with Crippen molar-refractivity contribution < 1.29 is 8.81 Å². The Morgan fingerprint density at radius 3 is 2.47 bits per heavy atom. The van der Waals surface area contributed by atoms with Crippen LogP contribution < -0.4 is 5.43 Å². The second kappa shape index (κ2) is 4.77. The van der Waals surface area contributed by atoms with Gasteiger partial charge in [-0.2, -0.15) is 0 Å². The van der Waals surface area contributed by atoms with E-state index in [1.54, 1.807) is 6.07 Å². The maximum Gasteiger partial charge on any atom is 0.206 e. The Bertz CT molecular complexity index is 809. The fourth-order valence-corrected chi connectivity index (χ4v) is 2.65. The minimum Gasteiger partial charge on any atom is -0.452 e. The number of halogens is 2. The number of para-hydroxylation sites is 1. The molecule has 0 bridgehead atoms. The highest BCUT2D eigenvalue weighted by molar-refractivity contribution is 14.1. The van der Waals surface area contributed by atoms with Crippen LogP contribution in [0.4, 0.5) is 4.39 Å². The monoisotopic (exact) mass is 366 g/mol. The summed E-state index contributed by atoms with van der Waals surface area (Å²) in [5.41, 5.74) is 0.557. The minimum absolute atomic E-state index is 0.00627. The summed E-state index contributed by atoms with van der Waals surface area (Å²) in [7, 11) is 0. The summed E-state index contributed by atoms with van der Waals surface area (Å²) in [4.78, 5) is 12.2. The lowest BCUT2D eigenvalue weighted by atomic mass is 10.1. The van der Waals surface area contributed by atoms with E-state index < -0.39 is 5.82 Å². The molecule has 0 spiro atoms. The molecule has 0 saturated heterocycles. The molecule has 0 N–H and O–H groups in total. The third kappa shape index (κ3) is 2.06. The van der Waals surface area contributed by atoms with E-state index in [0.29, 0.717) is 9.33 Å². The molecule has 4 heteroatoms. The van der Waals surface area contributed by atoms with Gasteiger partial charge in [-0.25, -0.2) is 4.39 Å². The average Bonchev–Trinajstić information content (AvgIpc) is 2.44. The first-order valence-electron chi connectivity index (χ1n) is 5.65. The zero-order chi connectivity index (χ0) is 13.4. The summed E-state index contributed by atoms with van der Waals surface area (Å²) < 4.78 is 19.8. The maximum atomic E-state index is 13.8. The topological polar surface area (TPSA) is 30.2 Å². The van der Waals surface area contributed by atoms with E-state index >= 15 is 0 Å². The fourth-order valence-electron chi connectivity index (χ4n) is 1.93. The van der Waals surface area contributed by atoms with Gasteiger partial charge >= 0.3 is 0 Å². The summed E-state index contributed by atoms with van der Waals surface area (Å²) in [6.45, 7) is 0. The van der Waals surface area contributed by atoms with E-state index in [9.17, 15) is 9.18 Å². The lowest BCUT2D eigenvalue weighted by Crippen LogP contribution is -2.08. The molecule has 3 rings (SSSR count). The summed E-state index contributed by atoms with van der Waals surface area (Å²) in [5, 5.41) is 0.268. The second-order valence-electron chi connectivity index (χ2n) is 4.06. The lowest BCUT2D eigenvalue weighted by molar-refractivity contribution is 0.558. The molecule has 1 heterocycles. The largest absolute Gasteiger partial charge is 0.452 e. The third-order valence-corrected chi connectivity index (χ3v) is 3.83. The Morgan fingerprint density at radius 1 is 1.00 bits per heavy atom. The van der Waals surface area contributed by atoms with E-state index in [0.717, 1.165) is 5.56 Å². The SMILES string of the molecule is O=c1c(I)c(-c2ccccc2)oc2c(F)cccc12. The van der Waals surface area contributed by atoms with Crippen LogP contribution in [0.5, 0.6) is 0 Å². The van der Waals surface area contributed by atoms with Crippen molar-refractivity contribution in [3.8, 4) is 11.3 Å². The van der Waals surface area contributed by atoms with Crippen molar-refractivity contribution in [1.29, 1.82) is 0 Å². The van der Waals surface area contributed by atoms with Gasteiger partial charge in [0.05, 0.1) is 5.39 Å². The average molecular weight is 366 g/mol. The standard InChI is InChI=1S/C15H8FIO2/c16-11-8-4-7-10-13(18)12(17)14(19-15(10)11)9-5-2-1-3-6-9/h1-8H. The molecule has 0 unspecified atom stereocenters. The van der Waals surface area contributed by atoms with Crippen LogP contribution >= 0.6 is 22.6 Å². The molecule has 0 aliphatic heterocycles. The van der Waals surface area contributed by atoms with Gasteiger partial charge in [-0.05, 0) is 34.7 Å². The molecule has 3 aromatic rings. The molecule has 2 nitrogen and oxygen atoms in total. The maximum absolute atomic E-state index is 13.8. The van der Waals surface area contributed by atoms with Crippen molar-refractivity contribution in [2.45, 2.75) is 0 Å². The minimum atomic E-state index is -0.525. The van der Waals surface area contributed by atoms with Crippen molar-refractivity contribution in [2.75, 3.05) is 0 Å². The normalized spacial score (nSPS) is 10.8. The number of benzene rings is 2. The second-order valence-corrected chi connectivity index (χ2v) is 5.14. The number of hydrogen-bond acceptors (Lipinski definition) is 2. The number of rotatable bonds is 1. The Balaban J connectivity index is 2.42. The Kier molecular flexibility index (Phi) is 3.10. The molecule has 1 aromatic heterocycles. The summed E-state index contributed by atoms with van der Waals surface area (Å²) >= 11 is 1.94. The number of fused-ring (bicyclic) bond motifs is 1. The highest BCUT2D eigenvalue weighted by Crippen LogP contribution is 2.27. The van der Waals surface area contributed by atoms with E-state index in [1.165, 1.54) is 12.1 Å². The Labute approximate surface area is 122 Å². The van der Waals surface area contributed by atoms with Gasteiger partial charge in [0.15, 0.2) is 17.2 Å². The van der Waals surface area contributed by atoms with E-state index in [2.05, 4.69) is 0 Å². The number of hydrogen-bond donors (Lipinski definition) is 0. The molecule has 0 saturated carbocycles. The molecule has 0 amide bonds. The van der Waals surface area contributed by atoms with Crippen LogP contribution in [0.3, 0.4) is 0 Å². The van der Waals surface area contributed by atoms with Crippen molar-refractivity contribution in [3.63, 3.8) is 0 Å². The van der Waals surface area contributed by atoms with E-state index in [1.807, 2.05) is 52.9 Å².